The van der Waals surface area contributed by atoms with E-state index in [1.54, 1.807) is 0 Å². The van der Waals surface area contributed by atoms with Crippen LogP contribution in [0.5, 0.6) is 0 Å². The van der Waals surface area contributed by atoms with Crippen molar-refractivity contribution in [2.24, 2.45) is 11.8 Å². The molecule has 1 aromatic rings. The summed E-state index contributed by atoms with van der Waals surface area (Å²) < 4.78 is 0. The van der Waals surface area contributed by atoms with Crippen molar-refractivity contribution in [1.29, 1.82) is 0 Å². The molecule has 2 nitrogen and oxygen atoms in total. The Bertz CT molecular complexity index is 643. The Morgan fingerprint density at radius 3 is 2.90 bits per heavy atom. The fourth-order valence-electron chi connectivity index (χ4n) is 5.04. The summed E-state index contributed by atoms with van der Waals surface area (Å²) in [5.41, 5.74) is 2.91. The number of carboxylic acids is 1. The Balaban J connectivity index is 1.86. The number of carbonyl (C=O) groups is 1. The number of rotatable bonds is 3. The molecule has 0 spiro atoms. The zero-order valence-electron chi connectivity index (χ0n) is 12.0. The Kier molecular flexibility index (Phi) is 2.81. The number of fused-ring (bicyclic) bond motifs is 1. The molecular formula is C19H20O2. The van der Waals surface area contributed by atoms with Crippen LogP contribution in [0.4, 0.5) is 0 Å². The summed E-state index contributed by atoms with van der Waals surface area (Å²) >= 11 is 0. The van der Waals surface area contributed by atoms with Crippen LogP contribution in [-0.4, -0.2) is 11.1 Å². The normalized spacial score (nSPS) is 35.3. The molecular weight excluding hydrogens is 260 g/mol. The minimum Gasteiger partial charge on any atom is -0.481 e. The van der Waals surface area contributed by atoms with Crippen LogP contribution < -0.4 is 0 Å². The first-order valence-corrected chi connectivity index (χ1v) is 7.88. The Labute approximate surface area is 125 Å². The lowest BCUT2D eigenvalue weighted by molar-refractivity contribution is -0.137. The van der Waals surface area contributed by atoms with Gasteiger partial charge in [-0.1, -0.05) is 48.6 Å². The van der Waals surface area contributed by atoms with E-state index in [1.807, 2.05) is 0 Å². The first-order valence-electron chi connectivity index (χ1n) is 7.88. The molecule has 5 rings (SSSR count). The molecule has 1 saturated carbocycles. The van der Waals surface area contributed by atoms with Crippen molar-refractivity contribution in [1.82, 2.24) is 0 Å². The lowest BCUT2D eigenvalue weighted by atomic mass is 9.47. The van der Waals surface area contributed by atoms with E-state index in [1.165, 1.54) is 17.5 Å². The van der Waals surface area contributed by atoms with Crippen LogP contribution in [0.25, 0.3) is 0 Å². The third kappa shape index (κ3) is 1.75. The van der Waals surface area contributed by atoms with Crippen molar-refractivity contribution >= 4 is 5.97 Å². The molecule has 4 atom stereocenters. The molecule has 21 heavy (non-hydrogen) atoms. The number of carboxylic acid groups (broad SMARTS) is 1. The Morgan fingerprint density at radius 2 is 2.05 bits per heavy atom. The van der Waals surface area contributed by atoms with Crippen molar-refractivity contribution in [3.8, 4) is 0 Å². The van der Waals surface area contributed by atoms with Crippen LogP contribution >= 0.6 is 0 Å². The van der Waals surface area contributed by atoms with Gasteiger partial charge in [-0.3, -0.25) is 4.79 Å². The van der Waals surface area contributed by atoms with Gasteiger partial charge in [0.1, 0.15) is 0 Å². The van der Waals surface area contributed by atoms with Gasteiger partial charge in [-0.2, -0.15) is 0 Å². The zero-order valence-corrected chi connectivity index (χ0v) is 12.0. The maximum absolute atomic E-state index is 11.2. The summed E-state index contributed by atoms with van der Waals surface area (Å²) in [5.74, 6) is 0.948. The van der Waals surface area contributed by atoms with Gasteiger partial charge in [0.25, 0.3) is 0 Å². The minimum atomic E-state index is -0.679. The second kappa shape index (κ2) is 4.59. The van der Waals surface area contributed by atoms with Crippen LogP contribution in [0.2, 0.25) is 0 Å². The highest BCUT2D eigenvalue weighted by Crippen LogP contribution is 2.62. The number of hydrogen-bond acceptors (Lipinski definition) is 1. The molecule has 108 valence electrons. The molecule has 0 amide bonds. The van der Waals surface area contributed by atoms with Gasteiger partial charge in [0.15, 0.2) is 0 Å². The van der Waals surface area contributed by atoms with E-state index >= 15 is 0 Å². The van der Waals surface area contributed by atoms with Gasteiger partial charge in [0.2, 0.25) is 0 Å². The zero-order chi connectivity index (χ0) is 14.4. The summed E-state index contributed by atoms with van der Waals surface area (Å²) in [5, 5.41) is 9.18. The first-order chi connectivity index (χ1) is 10.2. The average molecular weight is 280 g/mol. The number of hydrogen-bond donors (Lipinski definition) is 1. The molecule has 4 aliphatic carbocycles. The van der Waals surface area contributed by atoms with Crippen molar-refractivity contribution in [2.45, 2.75) is 37.0 Å². The molecule has 0 aliphatic heterocycles. The maximum Gasteiger partial charge on any atom is 0.303 e. The molecule has 2 heteroatoms. The van der Waals surface area contributed by atoms with E-state index in [0.717, 1.165) is 12.8 Å². The highest BCUT2D eigenvalue weighted by atomic mass is 16.4. The van der Waals surface area contributed by atoms with E-state index in [2.05, 4.69) is 48.6 Å². The van der Waals surface area contributed by atoms with Gasteiger partial charge in [-0.25, -0.2) is 0 Å². The molecule has 2 bridgehead atoms. The lowest BCUT2D eigenvalue weighted by Crippen LogP contribution is -2.50. The van der Waals surface area contributed by atoms with Gasteiger partial charge in [-0.15, -0.1) is 0 Å². The molecule has 1 N–H and O–H groups in total. The molecule has 1 aromatic carbocycles. The predicted octanol–water partition coefficient (Wildman–Crippen LogP) is 4.04. The first kappa shape index (κ1) is 12.9. The molecule has 4 unspecified atom stereocenters. The fourth-order valence-corrected chi connectivity index (χ4v) is 5.04. The fraction of sp³-hybridized carbons (Fsp3) is 0.421. The number of allylic oxidation sites excluding steroid dienone is 4. The van der Waals surface area contributed by atoms with Crippen LogP contribution in [0.3, 0.4) is 0 Å². The molecule has 0 aromatic heterocycles. The van der Waals surface area contributed by atoms with Crippen LogP contribution in [-0.2, 0) is 10.2 Å². The van der Waals surface area contributed by atoms with Gasteiger partial charge in [0, 0.05) is 11.8 Å². The summed E-state index contributed by atoms with van der Waals surface area (Å²) in [7, 11) is 0. The summed E-state index contributed by atoms with van der Waals surface area (Å²) in [6, 6.07) is 8.74. The standard InChI is InChI=1S/C19H20O2/c20-18(21)10-12-19-11-9-13(14-5-1-3-7-16(14)19)15-6-2-4-8-17(15)19/h1-8,13-14,16H,9-12H2,(H,20,21). The summed E-state index contributed by atoms with van der Waals surface area (Å²) in [6.45, 7) is 0. The third-order valence-corrected chi connectivity index (χ3v) is 5.86. The largest absolute Gasteiger partial charge is 0.481 e. The minimum absolute atomic E-state index is 0.0235. The van der Waals surface area contributed by atoms with Gasteiger partial charge < -0.3 is 5.11 Å². The highest BCUT2D eigenvalue weighted by molar-refractivity contribution is 5.67. The Hall–Kier alpha value is -1.83. The van der Waals surface area contributed by atoms with Crippen molar-refractivity contribution < 1.29 is 9.90 Å². The summed E-state index contributed by atoms with van der Waals surface area (Å²) in [4.78, 5) is 11.2. The number of aliphatic carboxylic acids is 1. The number of benzene rings is 1. The molecule has 4 aliphatic rings. The van der Waals surface area contributed by atoms with Crippen LogP contribution in [0.15, 0.2) is 48.6 Å². The predicted molar refractivity (Wildman–Crippen MR) is 82.2 cm³/mol. The third-order valence-electron chi connectivity index (χ3n) is 5.86. The smallest absolute Gasteiger partial charge is 0.303 e. The second-order valence-corrected chi connectivity index (χ2v) is 6.66. The average Bonchev–Trinajstić information content (AvgIpc) is 2.54. The maximum atomic E-state index is 11.2. The van der Waals surface area contributed by atoms with E-state index in [-0.39, 0.29) is 11.8 Å². The molecule has 0 radical (unpaired) electrons. The van der Waals surface area contributed by atoms with Crippen molar-refractivity contribution in [3.05, 3.63) is 59.7 Å². The SMILES string of the molecule is O=C(O)CCC12CCC(c3ccccc31)C1C=CC=CC12. The van der Waals surface area contributed by atoms with Gasteiger partial charge in [-0.05, 0) is 48.1 Å². The van der Waals surface area contributed by atoms with Crippen LogP contribution in [0.1, 0.15) is 42.7 Å². The Morgan fingerprint density at radius 1 is 1.24 bits per heavy atom. The molecule has 0 heterocycles. The molecule has 1 fully saturated rings. The van der Waals surface area contributed by atoms with Crippen molar-refractivity contribution in [3.63, 3.8) is 0 Å². The summed E-state index contributed by atoms with van der Waals surface area (Å²) in [6.07, 6.45) is 12.3. The van der Waals surface area contributed by atoms with Crippen molar-refractivity contribution in [2.75, 3.05) is 0 Å². The van der Waals surface area contributed by atoms with Crippen LogP contribution in [0, 0.1) is 11.8 Å². The van der Waals surface area contributed by atoms with E-state index in [4.69, 9.17) is 0 Å². The molecule has 0 saturated heterocycles. The van der Waals surface area contributed by atoms with E-state index in [9.17, 15) is 9.90 Å². The lowest BCUT2D eigenvalue weighted by Gasteiger charge is -2.57. The monoisotopic (exact) mass is 280 g/mol. The van der Waals surface area contributed by atoms with Gasteiger partial charge >= 0.3 is 5.97 Å². The topological polar surface area (TPSA) is 37.3 Å². The van der Waals surface area contributed by atoms with Gasteiger partial charge in [0.05, 0.1) is 0 Å². The quantitative estimate of drug-likeness (QED) is 0.907. The highest BCUT2D eigenvalue weighted by Gasteiger charge is 2.54. The van der Waals surface area contributed by atoms with E-state index in [0.29, 0.717) is 17.8 Å². The second-order valence-electron chi connectivity index (χ2n) is 6.66. The van der Waals surface area contributed by atoms with E-state index < -0.39 is 5.97 Å².